The van der Waals surface area contributed by atoms with E-state index in [0.717, 1.165) is 45.4 Å². The van der Waals surface area contributed by atoms with Crippen molar-refractivity contribution in [1.29, 1.82) is 0 Å². The third-order valence-corrected chi connectivity index (χ3v) is 3.86. The van der Waals surface area contributed by atoms with Crippen molar-refractivity contribution in [3.8, 4) is 0 Å². The van der Waals surface area contributed by atoms with E-state index in [1.54, 1.807) is 0 Å². The number of carbonyl (C=O) groups is 1. The molecule has 1 saturated carbocycles. The molecule has 1 heterocycles. The lowest BCUT2D eigenvalue weighted by molar-refractivity contribution is -0.137. The van der Waals surface area contributed by atoms with Crippen LogP contribution in [0.1, 0.15) is 32.1 Å². The van der Waals surface area contributed by atoms with Gasteiger partial charge in [-0.25, -0.2) is 0 Å². The van der Waals surface area contributed by atoms with Gasteiger partial charge in [-0.05, 0) is 32.7 Å². The molecule has 0 radical (unpaired) electrons. The number of amides is 1. The van der Waals surface area contributed by atoms with Gasteiger partial charge in [-0.1, -0.05) is 6.42 Å². The lowest BCUT2D eigenvalue weighted by Crippen LogP contribution is -2.54. The molecular weight excluding hydrogens is 204 g/mol. The summed E-state index contributed by atoms with van der Waals surface area (Å²) >= 11 is 0. The lowest BCUT2D eigenvalue weighted by atomic mass is 9.68. The number of hydrogen-bond acceptors (Lipinski definition) is 3. The molecule has 16 heavy (non-hydrogen) atoms. The number of hydrogen-bond donors (Lipinski definition) is 2. The van der Waals surface area contributed by atoms with Crippen molar-refractivity contribution in [3.05, 3.63) is 0 Å². The van der Waals surface area contributed by atoms with Crippen molar-refractivity contribution in [3.63, 3.8) is 0 Å². The molecule has 4 heteroatoms. The molecule has 92 valence electrons. The van der Waals surface area contributed by atoms with Crippen LogP contribution in [0.2, 0.25) is 0 Å². The molecule has 2 aliphatic rings. The molecule has 0 unspecified atom stereocenters. The summed E-state index contributed by atoms with van der Waals surface area (Å²) in [7, 11) is 1.92. The first kappa shape index (κ1) is 11.9. The molecule has 2 N–H and O–H groups in total. The van der Waals surface area contributed by atoms with Gasteiger partial charge in [-0.3, -0.25) is 4.79 Å². The van der Waals surface area contributed by atoms with Gasteiger partial charge < -0.3 is 15.4 Å². The third kappa shape index (κ3) is 2.38. The highest BCUT2D eigenvalue weighted by Gasteiger charge is 2.43. The first-order valence-electron chi connectivity index (χ1n) is 6.30. The summed E-state index contributed by atoms with van der Waals surface area (Å²) in [6.45, 7) is 2.37. The number of ether oxygens (including phenoxy) is 1. The standard InChI is InChI=1S/C12H22N2O2/c1-13-9-12(5-2-6-12)11(15)14-10-3-7-16-8-4-10/h10,13H,2-9H2,1H3,(H,14,15). The molecule has 0 aromatic rings. The monoisotopic (exact) mass is 226 g/mol. The number of rotatable bonds is 4. The van der Waals surface area contributed by atoms with Crippen LogP contribution in [-0.2, 0) is 9.53 Å². The van der Waals surface area contributed by atoms with Gasteiger partial charge in [0.1, 0.15) is 0 Å². The zero-order chi connectivity index (χ0) is 11.4. The quantitative estimate of drug-likeness (QED) is 0.741. The van der Waals surface area contributed by atoms with Gasteiger partial charge in [0.05, 0.1) is 5.41 Å². The van der Waals surface area contributed by atoms with Gasteiger partial charge in [-0.2, -0.15) is 0 Å². The van der Waals surface area contributed by atoms with Crippen LogP contribution in [0.4, 0.5) is 0 Å². The van der Waals surface area contributed by atoms with E-state index in [1.165, 1.54) is 6.42 Å². The maximum atomic E-state index is 12.2. The fourth-order valence-electron chi connectivity index (χ4n) is 2.61. The highest BCUT2D eigenvalue weighted by atomic mass is 16.5. The molecule has 0 aromatic carbocycles. The van der Waals surface area contributed by atoms with Crippen LogP contribution >= 0.6 is 0 Å². The minimum atomic E-state index is -0.118. The maximum Gasteiger partial charge on any atom is 0.227 e. The van der Waals surface area contributed by atoms with Crippen molar-refractivity contribution in [2.75, 3.05) is 26.8 Å². The molecule has 0 aromatic heterocycles. The molecule has 0 atom stereocenters. The molecule has 1 amide bonds. The Bertz CT molecular complexity index is 245. The van der Waals surface area contributed by atoms with Crippen LogP contribution in [0, 0.1) is 5.41 Å². The Hall–Kier alpha value is -0.610. The Balaban J connectivity index is 1.85. The van der Waals surface area contributed by atoms with Crippen molar-refractivity contribution < 1.29 is 9.53 Å². The van der Waals surface area contributed by atoms with Crippen LogP contribution in [0.25, 0.3) is 0 Å². The Morgan fingerprint density at radius 1 is 1.38 bits per heavy atom. The summed E-state index contributed by atoms with van der Waals surface area (Å²) in [6, 6.07) is 0.329. The highest BCUT2D eigenvalue weighted by molar-refractivity contribution is 5.84. The Labute approximate surface area is 97.1 Å². The molecule has 1 aliphatic heterocycles. The highest BCUT2D eigenvalue weighted by Crippen LogP contribution is 2.40. The fourth-order valence-corrected chi connectivity index (χ4v) is 2.61. The zero-order valence-corrected chi connectivity index (χ0v) is 10.1. The molecule has 2 rings (SSSR count). The molecule has 0 bridgehead atoms. The SMILES string of the molecule is CNCC1(C(=O)NC2CCOCC2)CCC1. The summed E-state index contributed by atoms with van der Waals surface area (Å²) in [5.41, 5.74) is -0.118. The van der Waals surface area contributed by atoms with Crippen molar-refractivity contribution >= 4 is 5.91 Å². The van der Waals surface area contributed by atoms with E-state index in [1.807, 2.05) is 7.05 Å². The third-order valence-electron chi connectivity index (χ3n) is 3.86. The largest absolute Gasteiger partial charge is 0.381 e. The summed E-state index contributed by atoms with van der Waals surface area (Å²) in [4.78, 5) is 12.2. The van der Waals surface area contributed by atoms with Crippen molar-refractivity contribution in [2.24, 2.45) is 5.41 Å². The minimum absolute atomic E-state index is 0.118. The van der Waals surface area contributed by atoms with E-state index in [2.05, 4.69) is 10.6 Å². The average molecular weight is 226 g/mol. The van der Waals surface area contributed by atoms with E-state index in [0.29, 0.717) is 6.04 Å². The first-order valence-corrected chi connectivity index (χ1v) is 6.30. The molecule has 4 nitrogen and oxygen atoms in total. The van der Waals surface area contributed by atoms with Crippen LogP contribution in [-0.4, -0.2) is 38.8 Å². The van der Waals surface area contributed by atoms with Gasteiger partial charge in [0, 0.05) is 25.8 Å². The summed E-state index contributed by atoms with van der Waals surface area (Å²) < 4.78 is 5.29. The zero-order valence-electron chi connectivity index (χ0n) is 10.1. The fraction of sp³-hybridized carbons (Fsp3) is 0.917. The van der Waals surface area contributed by atoms with Crippen LogP contribution in [0.15, 0.2) is 0 Å². The minimum Gasteiger partial charge on any atom is -0.381 e. The Kier molecular flexibility index (Phi) is 3.82. The van der Waals surface area contributed by atoms with Crippen molar-refractivity contribution in [2.45, 2.75) is 38.1 Å². The van der Waals surface area contributed by atoms with Crippen LogP contribution in [0.3, 0.4) is 0 Å². The second kappa shape index (κ2) is 5.15. The van der Waals surface area contributed by atoms with Crippen LogP contribution in [0.5, 0.6) is 0 Å². The van der Waals surface area contributed by atoms with Gasteiger partial charge in [0.15, 0.2) is 0 Å². The normalized spacial score (nSPS) is 24.8. The second-order valence-corrected chi connectivity index (χ2v) is 5.02. The van der Waals surface area contributed by atoms with E-state index < -0.39 is 0 Å². The van der Waals surface area contributed by atoms with Gasteiger partial charge >= 0.3 is 0 Å². The smallest absolute Gasteiger partial charge is 0.227 e. The van der Waals surface area contributed by atoms with Gasteiger partial charge in [-0.15, -0.1) is 0 Å². The topological polar surface area (TPSA) is 50.4 Å². The maximum absolute atomic E-state index is 12.2. The summed E-state index contributed by atoms with van der Waals surface area (Å²) in [6.07, 6.45) is 5.16. The average Bonchev–Trinajstić information content (AvgIpc) is 2.24. The first-order chi connectivity index (χ1) is 7.77. The predicted molar refractivity (Wildman–Crippen MR) is 62.2 cm³/mol. The van der Waals surface area contributed by atoms with E-state index in [4.69, 9.17) is 4.74 Å². The van der Waals surface area contributed by atoms with Gasteiger partial charge in [0.2, 0.25) is 5.91 Å². The molecular formula is C12H22N2O2. The molecule has 1 saturated heterocycles. The molecule has 0 spiro atoms. The Morgan fingerprint density at radius 3 is 2.56 bits per heavy atom. The van der Waals surface area contributed by atoms with E-state index in [9.17, 15) is 4.79 Å². The van der Waals surface area contributed by atoms with E-state index in [-0.39, 0.29) is 11.3 Å². The Morgan fingerprint density at radius 2 is 2.06 bits per heavy atom. The second-order valence-electron chi connectivity index (χ2n) is 5.02. The summed E-state index contributed by atoms with van der Waals surface area (Å²) in [5, 5.41) is 6.33. The molecule has 2 fully saturated rings. The van der Waals surface area contributed by atoms with E-state index >= 15 is 0 Å². The predicted octanol–water partition coefficient (Wildman–Crippen LogP) is 0.671. The molecule has 1 aliphatic carbocycles. The number of nitrogens with one attached hydrogen (secondary N) is 2. The van der Waals surface area contributed by atoms with Crippen molar-refractivity contribution in [1.82, 2.24) is 10.6 Å². The number of carbonyl (C=O) groups excluding carboxylic acids is 1. The lowest BCUT2D eigenvalue weighted by Gasteiger charge is -2.41. The summed E-state index contributed by atoms with van der Waals surface area (Å²) in [5.74, 6) is 0.250. The van der Waals surface area contributed by atoms with Crippen LogP contribution < -0.4 is 10.6 Å². The van der Waals surface area contributed by atoms with Gasteiger partial charge in [0.25, 0.3) is 0 Å².